The highest BCUT2D eigenvalue weighted by atomic mass is 32.1. The number of aliphatic hydroxyl groups is 1. The van der Waals surface area contributed by atoms with Crippen LogP contribution in [0.2, 0.25) is 0 Å². The fraction of sp³-hybridized carbons (Fsp3) is 0.600. The van der Waals surface area contributed by atoms with Gasteiger partial charge in [-0.2, -0.15) is 0 Å². The quantitative estimate of drug-likeness (QED) is 0.808. The van der Waals surface area contributed by atoms with Gasteiger partial charge in [-0.1, -0.05) is 0 Å². The first kappa shape index (κ1) is 10.6. The van der Waals surface area contributed by atoms with Gasteiger partial charge in [-0.15, -0.1) is 11.3 Å². The zero-order valence-corrected chi connectivity index (χ0v) is 9.65. The summed E-state index contributed by atoms with van der Waals surface area (Å²) in [7, 11) is 0. The Bertz CT molecular complexity index is 396. The number of thiazole rings is 1. The lowest BCUT2D eigenvalue weighted by Crippen LogP contribution is -2.39. The normalized spacial score (nSPS) is 17.5. The molecule has 0 aromatic carbocycles. The van der Waals surface area contributed by atoms with Gasteiger partial charge in [-0.05, 0) is 26.7 Å². The van der Waals surface area contributed by atoms with Gasteiger partial charge < -0.3 is 10.4 Å². The van der Waals surface area contributed by atoms with E-state index in [1.165, 1.54) is 11.3 Å². The lowest BCUT2D eigenvalue weighted by atomic mass is 10.2. The van der Waals surface area contributed by atoms with E-state index in [0.717, 1.165) is 23.5 Å². The Labute approximate surface area is 92.3 Å². The number of nitrogens with one attached hydrogen (secondary N) is 1. The molecule has 0 aliphatic heterocycles. The van der Waals surface area contributed by atoms with E-state index in [1.54, 1.807) is 0 Å². The van der Waals surface area contributed by atoms with Crippen LogP contribution in [0.15, 0.2) is 0 Å². The third-order valence-corrected chi connectivity index (χ3v) is 3.72. The summed E-state index contributed by atoms with van der Waals surface area (Å²) in [4.78, 5) is 16.7. The van der Waals surface area contributed by atoms with E-state index in [0.29, 0.717) is 4.88 Å². The molecule has 0 atom stereocenters. The Morgan fingerprint density at radius 1 is 1.60 bits per heavy atom. The molecular weight excluding hydrogens is 212 g/mol. The molecule has 0 unspecified atom stereocenters. The van der Waals surface area contributed by atoms with Crippen LogP contribution in [0.25, 0.3) is 0 Å². The van der Waals surface area contributed by atoms with Crippen molar-refractivity contribution in [2.45, 2.75) is 32.2 Å². The van der Waals surface area contributed by atoms with Gasteiger partial charge in [-0.25, -0.2) is 4.98 Å². The third-order valence-electron chi connectivity index (χ3n) is 2.64. The van der Waals surface area contributed by atoms with Crippen LogP contribution in [0, 0.1) is 13.8 Å². The van der Waals surface area contributed by atoms with Gasteiger partial charge >= 0.3 is 0 Å². The van der Waals surface area contributed by atoms with Crippen LogP contribution < -0.4 is 5.32 Å². The Hall–Kier alpha value is -0.940. The minimum Gasteiger partial charge on any atom is -0.394 e. The number of rotatable bonds is 3. The maximum atomic E-state index is 11.8. The number of nitrogens with zero attached hydrogens (tertiary/aromatic N) is 1. The minimum atomic E-state index is -0.346. The Morgan fingerprint density at radius 3 is 2.67 bits per heavy atom. The second kappa shape index (κ2) is 3.57. The van der Waals surface area contributed by atoms with Crippen LogP contribution in [0.3, 0.4) is 0 Å². The zero-order valence-electron chi connectivity index (χ0n) is 8.83. The van der Waals surface area contributed by atoms with Gasteiger partial charge in [0.1, 0.15) is 4.88 Å². The van der Waals surface area contributed by atoms with Crippen LogP contribution in [0.5, 0.6) is 0 Å². The third kappa shape index (κ3) is 2.03. The fourth-order valence-corrected chi connectivity index (χ4v) is 2.33. The topological polar surface area (TPSA) is 62.2 Å². The second-order valence-electron chi connectivity index (χ2n) is 4.04. The van der Waals surface area contributed by atoms with Crippen LogP contribution in [0.1, 0.15) is 33.2 Å². The van der Waals surface area contributed by atoms with Crippen LogP contribution in [-0.2, 0) is 0 Å². The van der Waals surface area contributed by atoms with Crippen molar-refractivity contribution in [1.29, 1.82) is 0 Å². The number of aliphatic hydroxyl groups excluding tert-OH is 1. The molecule has 4 nitrogen and oxygen atoms in total. The molecule has 2 N–H and O–H groups in total. The molecule has 2 rings (SSSR count). The molecule has 0 radical (unpaired) electrons. The monoisotopic (exact) mass is 226 g/mol. The Morgan fingerprint density at radius 2 is 2.27 bits per heavy atom. The standard InChI is InChI=1S/C10H14N2O2S/c1-6-8(15-7(2)11-6)9(14)12-10(5-13)3-4-10/h13H,3-5H2,1-2H3,(H,12,14). The van der Waals surface area contributed by atoms with E-state index >= 15 is 0 Å². The summed E-state index contributed by atoms with van der Waals surface area (Å²) in [6, 6.07) is 0. The first-order valence-corrected chi connectivity index (χ1v) is 5.75. The predicted molar refractivity (Wildman–Crippen MR) is 58.1 cm³/mol. The summed E-state index contributed by atoms with van der Waals surface area (Å²) in [5, 5.41) is 12.9. The first-order valence-electron chi connectivity index (χ1n) is 4.94. The molecule has 1 aliphatic rings. The largest absolute Gasteiger partial charge is 0.394 e. The van der Waals surface area contributed by atoms with E-state index < -0.39 is 0 Å². The van der Waals surface area contributed by atoms with Gasteiger partial charge in [0.05, 0.1) is 22.8 Å². The molecule has 0 bridgehead atoms. The average molecular weight is 226 g/mol. The number of aromatic nitrogens is 1. The van der Waals surface area contributed by atoms with Crippen molar-refractivity contribution < 1.29 is 9.90 Å². The molecule has 5 heteroatoms. The summed E-state index contributed by atoms with van der Waals surface area (Å²) in [5.41, 5.74) is 0.422. The number of carbonyl (C=O) groups excluding carboxylic acids is 1. The van der Waals surface area contributed by atoms with Crippen molar-refractivity contribution in [2.24, 2.45) is 0 Å². The number of amides is 1. The van der Waals surface area contributed by atoms with Crippen molar-refractivity contribution in [3.05, 3.63) is 15.6 Å². The van der Waals surface area contributed by atoms with Gasteiger partial charge in [0.15, 0.2) is 0 Å². The lowest BCUT2D eigenvalue weighted by Gasteiger charge is -2.13. The molecule has 1 fully saturated rings. The SMILES string of the molecule is Cc1nc(C)c(C(=O)NC2(CO)CC2)s1. The number of carbonyl (C=O) groups is 1. The van der Waals surface area contributed by atoms with E-state index in [-0.39, 0.29) is 18.1 Å². The van der Waals surface area contributed by atoms with Crippen LogP contribution in [0.4, 0.5) is 0 Å². The van der Waals surface area contributed by atoms with E-state index in [2.05, 4.69) is 10.3 Å². The van der Waals surface area contributed by atoms with Crippen LogP contribution in [-0.4, -0.2) is 28.1 Å². The molecule has 82 valence electrons. The summed E-state index contributed by atoms with van der Waals surface area (Å²) in [5.74, 6) is -0.107. The molecule has 1 heterocycles. The smallest absolute Gasteiger partial charge is 0.263 e. The molecule has 1 aromatic rings. The zero-order chi connectivity index (χ0) is 11.1. The summed E-state index contributed by atoms with van der Waals surface area (Å²) >= 11 is 1.40. The summed E-state index contributed by atoms with van der Waals surface area (Å²) in [6.45, 7) is 3.74. The molecule has 1 saturated carbocycles. The Kier molecular flexibility index (Phi) is 2.52. The molecule has 1 aliphatic carbocycles. The second-order valence-corrected chi connectivity index (χ2v) is 5.24. The summed E-state index contributed by atoms with van der Waals surface area (Å²) in [6.07, 6.45) is 1.73. The predicted octanol–water partition coefficient (Wildman–Crippen LogP) is 1.01. The van der Waals surface area contributed by atoms with Gasteiger partial charge in [0.2, 0.25) is 0 Å². The van der Waals surface area contributed by atoms with Crippen molar-refractivity contribution in [1.82, 2.24) is 10.3 Å². The Balaban J connectivity index is 2.11. The molecule has 1 aromatic heterocycles. The first-order chi connectivity index (χ1) is 7.06. The highest BCUT2D eigenvalue weighted by Crippen LogP contribution is 2.35. The lowest BCUT2D eigenvalue weighted by molar-refractivity contribution is 0.0910. The minimum absolute atomic E-state index is 0.0234. The van der Waals surface area contributed by atoms with Crippen molar-refractivity contribution >= 4 is 17.2 Å². The van der Waals surface area contributed by atoms with E-state index in [9.17, 15) is 4.79 Å². The van der Waals surface area contributed by atoms with Crippen molar-refractivity contribution in [3.63, 3.8) is 0 Å². The maximum Gasteiger partial charge on any atom is 0.263 e. The molecule has 0 saturated heterocycles. The van der Waals surface area contributed by atoms with Crippen molar-refractivity contribution in [2.75, 3.05) is 6.61 Å². The number of hydrogen-bond acceptors (Lipinski definition) is 4. The maximum absolute atomic E-state index is 11.8. The van der Waals surface area contributed by atoms with Gasteiger partial charge in [0, 0.05) is 0 Å². The molecular formula is C10H14N2O2S. The van der Waals surface area contributed by atoms with Crippen LogP contribution >= 0.6 is 11.3 Å². The molecule has 15 heavy (non-hydrogen) atoms. The molecule has 1 amide bonds. The van der Waals surface area contributed by atoms with E-state index in [4.69, 9.17) is 5.11 Å². The number of hydrogen-bond donors (Lipinski definition) is 2. The van der Waals surface area contributed by atoms with Crippen molar-refractivity contribution in [3.8, 4) is 0 Å². The summed E-state index contributed by atoms with van der Waals surface area (Å²) < 4.78 is 0. The highest BCUT2D eigenvalue weighted by molar-refractivity contribution is 7.13. The highest BCUT2D eigenvalue weighted by Gasteiger charge is 2.43. The molecule has 0 spiro atoms. The van der Waals surface area contributed by atoms with Gasteiger partial charge in [-0.3, -0.25) is 4.79 Å². The van der Waals surface area contributed by atoms with E-state index in [1.807, 2.05) is 13.8 Å². The number of aryl methyl sites for hydroxylation is 2. The van der Waals surface area contributed by atoms with Gasteiger partial charge in [0.25, 0.3) is 5.91 Å². The fourth-order valence-electron chi connectivity index (χ4n) is 1.51. The average Bonchev–Trinajstić information content (AvgIpc) is 2.86.